The third-order valence-corrected chi connectivity index (χ3v) is 4.17. The van der Waals surface area contributed by atoms with Gasteiger partial charge >= 0.3 is 5.97 Å². The molecule has 4 heteroatoms. The molecule has 1 aromatic heterocycles. The van der Waals surface area contributed by atoms with Crippen LogP contribution in [0.4, 0.5) is 0 Å². The molecule has 3 aromatic rings. The Hall–Kier alpha value is -2.62. The first kappa shape index (κ1) is 12.1. The molecule has 0 radical (unpaired) electrons. The minimum Gasteiger partial charge on any atom is -0.478 e. The molecule has 1 N–H and O–H groups in total. The highest BCUT2D eigenvalue weighted by Gasteiger charge is 2.40. The van der Waals surface area contributed by atoms with Gasteiger partial charge in [-0.2, -0.15) is 0 Å². The average molecular weight is 278 g/mol. The predicted octanol–water partition coefficient (Wildman–Crippen LogP) is 3.46. The van der Waals surface area contributed by atoms with Crippen LogP contribution in [0.3, 0.4) is 0 Å². The topological polar surface area (TPSA) is 55.1 Å². The van der Waals surface area contributed by atoms with Crippen molar-refractivity contribution in [2.75, 3.05) is 0 Å². The number of fused-ring (bicyclic) bond motifs is 1. The highest BCUT2D eigenvalue weighted by atomic mass is 16.4. The zero-order valence-electron chi connectivity index (χ0n) is 11.3. The normalized spacial score (nSPS) is 20.6. The molecule has 0 spiro atoms. The Bertz CT molecular complexity index is 823. The molecule has 1 saturated carbocycles. The number of hydrogen-bond acceptors (Lipinski definition) is 2. The van der Waals surface area contributed by atoms with Gasteiger partial charge in [0.05, 0.1) is 22.9 Å². The van der Waals surface area contributed by atoms with Gasteiger partial charge in [0, 0.05) is 12.0 Å². The lowest BCUT2D eigenvalue weighted by molar-refractivity contribution is 0.0698. The summed E-state index contributed by atoms with van der Waals surface area (Å²) >= 11 is 0. The summed E-state index contributed by atoms with van der Waals surface area (Å²) in [6.45, 7) is 0. The number of carboxylic acids is 1. The molecule has 4 rings (SSSR count). The Morgan fingerprint density at radius 2 is 1.95 bits per heavy atom. The van der Waals surface area contributed by atoms with Crippen LogP contribution in [-0.4, -0.2) is 20.6 Å². The monoisotopic (exact) mass is 278 g/mol. The summed E-state index contributed by atoms with van der Waals surface area (Å²) in [5.41, 5.74) is 3.10. The lowest BCUT2D eigenvalue weighted by Crippen LogP contribution is -2.02. The second-order valence-electron chi connectivity index (χ2n) is 5.45. The Morgan fingerprint density at radius 1 is 1.14 bits per heavy atom. The van der Waals surface area contributed by atoms with Crippen LogP contribution in [0.25, 0.3) is 11.0 Å². The van der Waals surface area contributed by atoms with E-state index in [0.717, 1.165) is 17.5 Å². The number of carboxylic acid groups (broad SMARTS) is 1. The van der Waals surface area contributed by atoms with Crippen LogP contribution in [0.2, 0.25) is 0 Å². The van der Waals surface area contributed by atoms with Gasteiger partial charge in [0.25, 0.3) is 0 Å². The number of carbonyl (C=O) groups is 1. The summed E-state index contributed by atoms with van der Waals surface area (Å²) in [5, 5.41) is 9.37. The number of aromatic carboxylic acids is 1. The van der Waals surface area contributed by atoms with Crippen LogP contribution in [0.15, 0.2) is 54.9 Å². The van der Waals surface area contributed by atoms with Crippen molar-refractivity contribution in [3.05, 3.63) is 66.0 Å². The van der Waals surface area contributed by atoms with Gasteiger partial charge in [-0.05, 0) is 24.1 Å². The molecule has 1 heterocycles. The lowest BCUT2D eigenvalue weighted by atomic mass is 10.1. The van der Waals surface area contributed by atoms with Crippen LogP contribution < -0.4 is 0 Å². The van der Waals surface area contributed by atoms with Crippen molar-refractivity contribution in [2.45, 2.75) is 18.4 Å². The highest BCUT2D eigenvalue weighted by molar-refractivity contribution is 6.01. The van der Waals surface area contributed by atoms with Gasteiger partial charge in [0.15, 0.2) is 0 Å². The van der Waals surface area contributed by atoms with Crippen molar-refractivity contribution in [1.29, 1.82) is 0 Å². The largest absolute Gasteiger partial charge is 0.478 e. The first-order valence-electron chi connectivity index (χ1n) is 6.99. The minimum atomic E-state index is -0.903. The maximum absolute atomic E-state index is 11.4. The fourth-order valence-corrected chi connectivity index (χ4v) is 3.06. The summed E-state index contributed by atoms with van der Waals surface area (Å²) < 4.78 is 2.02. The Morgan fingerprint density at radius 3 is 2.71 bits per heavy atom. The van der Waals surface area contributed by atoms with Crippen LogP contribution >= 0.6 is 0 Å². The van der Waals surface area contributed by atoms with Gasteiger partial charge in [0.1, 0.15) is 0 Å². The van der Waals surface area contributed by atoms with E-state index in [0.29, 0.717) is 17.5 Å². The predicted molar refractivity (Wildman–Crippen MR) is 79.5 cm³/mol. The van der Waals surface area contributed by atoms with E-state index < -0.39 is 5.97 Å². The van der Waals surface area contributed by atoms with Gasteiger partial charge in [-0.1, -0.05) is 36.4 Å². The van der Waals surface area contributed by atoms with Crippen LogP contribution in [0, 0.1) is 0 Å². The molecule has 1 fully saturated rings. The average Bonchev–Trinajstić information content (AvgIpc) is 3.19. The zero-order chi connectivity index (χ0) is 14.4. The number of hydrogen-bond donors (Lipinski definition) is 1. The number of benzene rings is 2. The molecule has 1 aliphatic carbocycles. The number of rotatable bonds is 3. The molecule has 104 valence electrons. The van der Waals surface area contributed by atoms with E-state index in [4.69, 9.17) is 0 Å². The molecule has 2 unspecified atom stereocenters. The van der Waals surface area contributed by atoms with Crippen molar-refractivity contribution in [3.63, 3.8) is 0 Å². The van der Waals surface area contributed by atoms with E-state index in [1.165, 1.54) is 5.56 Å². The highest BCUT2D eigenvalue weighted by Crippen LogP contribution is 2.52. The van der Waals surface area contributed by atoms with E-state index in [1.807, 2.05) is 28.8 Å². The third kappa shape index (κ3) is 1.91. The second kappa shape index (κ2) is 4.45. The summed E-state index contributed by atoms with van der Waals surface area (Å²) in [5.74, 6) is -0.454. The standard InChI is InChI=1S/C17H14N2O2/c20-17(21)12-7-4-8-14-16(12)19(10-18-14)15-9-13(15)11-5-2-1-3-6-11/h1-8,10,13,15H,9H2,(H,20,21). The molecule has 0 amide bonds. The van der Waals surface area contributed by atoms with Crippen molar-refractivity contribution in [3.8, 4) is 0 Å². The Labute approximate surface area is 121 Å². The van der Waals surface area contributed by atoms with Crippen LogP contribution in [0.5, 0.6) is 0 Å². The second-order valence-corrected chi connectivity index (χ2v) is 5.45. The third-order valence-electron chi connectivity index (χ3n) is 4.17. The van der Waals surface area contributed by atoms with Gasteiger partial charge in [-0.3, -0.25) is 0 Å². The van der Waals surface area contributed by atoms with Crippen molar-refractivity contribution >= 4 is 17.0 Å². The molecule has 0 saturated heterocycles. The molecule has 0 aliphatic heterocycles. The van der Waals surface area contributed by atoms with E-state index in [2.05, 4.69) is 17.1 Å². The molecule has 1 aliphatic rings. The molecular weight excluding hydrogens is 264 g/mol. The Kier molecular flexibility index (Phi) is 2.57. The molecule has 0 bridgehead atoms. The number of aromatic nitrogens is 2. The number of imidazole rings is 1. The van der Waals surface area contributed by atoms with Crippen molar-refractivity contribution in [2.24, 2.45) is 0 Å². The van der Waals surface area contributed by atoms with Gasteiger partial charge in [-0.15, -0.1) is 0 Å². The lowest BCUT2D eigenvalue weighted by Gasteiger charge is -2.06. The van der Waals surface area contributed by atoms with Crippen LogP contribution in [-0.2, 0) is 0 Å². The Balaban J connectivity index is 1.78. The van der Waals surface area contributed by atoms with E-state index in [1.54, 1.807) is 18.5 Å². The maximum atomic E-state index is 11.4. The number of nitrogens with zero attached hydrogens (tertiary/aromatic N) is 2. The fourth-order valence-electron chi connectivity index (χ4n) is 3.06. The SMILES string of the molecule is O=C(O)c1cccc2ncn(C3CC3c3ccccc3)c12. The zero-order valence-corrected chi connectivity index (χ0v) is 11.3. The quantitative estimate of drug-likeness (QED) is 0.798. The molecular formula is C17H14N2O2. The van der Waals surface area contributed by atoms with Crippen molar-refractivity contribution in [1.82, 2.24) is 9.55 Å². The molecule has 4 nitrogen and oxygen atoms in total. The molecule has 2 aromatic carbocycles. The van der Waals surface area contributed by atoms with Gasteiger partial charge in [-0.25, -0.2) is 9.78 Å². The summed E-state index contributed by atoms with van der Waals surface area (Å²) in [4.78, 5) is 15.8. The summed E-state index contributed by atoms with van der Waals surface area (Å²) in [6.07, 6.45) is 2.80. The number of para-hydroxylation sites is 1. The minimum absolute atomic E-state index is 0.304. The first-order chi connectivity index (χ1) is 10.3. The van der Waals surface area contributed by atoms with Gasteiger partial charge in [0.2, 0.25) is 0 Å². The smallest absolute Gasteiger partial charge is 0.337 e. The summed E-state index contributed by atoms with van der Waals surface area (Å²) in [6, 6.07) is 15.9. The summed E-state index contributed by atoms with van der Waals surface area (Å²) in [7, 11) is 0. The van der Waals surface area contributed by atoms with Gasteiger partial charge < -0.3 is 9.67 Å². The first-order valence-corrected chi connectivity index (χ1v) is 6.99. The molecule has 21 heavy (non-hydrogen) atoms. The van der Waals surface area contributed by atoms with Crippen LogP contribution in [0.1, 0.15) is 34.3 Å². The van der Waals surface area contributed by atoms with E-state index in [-0.39, 0.29) is 0 Å². The molecule has 2 atom stereocenters. The van der Waals surface area contributed by atoms with Crippen molar-refractivity contribution < 1.29 is 9.90 Å². The van der Waals surface area contributed by atoms with E-state index >= 15 is 0 Å². The fraction of sp³-hybridized carbons (Fsp3) is 0.176. The maximum Gasteiger partial charge on any atom is 0.337 e. The van der Waals surface area contributed by atoms with E-state index in [9.17, 15) is 9.90 Å².